The summed E-state index contributed by atoms with van der Waals surface area (Å²) in [5.74, 6) is -0.0498. The van der Waals surface area contributed by atoms with Gasteiger partial charge in [0.15, 0.2) is 0 Å². The SMILES string of the molecule is CCCCS(=O)(=O)N1CCc2ccc(NS(=O)(=O)CCOC)cc21. The maximum Gasteiger partial charge on any atom is 0.235 e. The molecule has 0 fully saturated rings. The maximum absolute atomic E-state index is 12.5. The van der Waals surface area contributed by atoms with Crippen LogP contribution in [-0.2, 0) is 31.2 Å². The molecule has 0 amide bonds. The molecule has 1 heterocycles. The summed E-state index contributed by atoms with van der Waals surface area (Å²) in [4.78, 5) is 0. The van der Waals surface area contributed by atoms with Gasteiger partial charge in [-0.25, -0.2) is 16.8 Å². The van der Waals surface area contributed by atoms with Gasteiger partial charge in [-0.2, -0.15) is 0 Å². The van der Waals surface area contributed by atoms with E-state index in [0.717, 1.165) is 12.0 Å². The van der Waals surface area contributed by atoms with Crippen molar-refractivity contribution in [2.24, 2.45) is 0 Å². The van der Waals surface area contributed by atoms with E-state index in [9.17, 15) is 16.8 Å². The highest BCUT2D eigenvalue weighted by Gasteiger charge is 2.29. The highest BCUT2D eigenvalue weighted by molar-refractivity contribution is 7.93. The lowest BCUT2D eigenvalue weighted by molar-refractivity contribution is 0.217. The number of unbranched alkanes of at least 4 members (excludes halogenated alkanes) is 1. The molecule has 0 atom stereocenters. The van der Waals surface area contributed by atoms with E-state index < -0.39 is 20.0 Å². The Bertz CT molecular complexity index is 775. The van der Waals surface area contributed by atoms with Crippen molar-refractivity contribution in [2.75, 3.05) is 40.8 Å². The van der Waals surface area contributed by atoms with Gasteiger partial charge in [-0.05, 0) is 30.5 Å². The Morgan fingerprint density at radius 3 is 2.62 bits per heavy atom. The van der Waals surface area contributed by atoms with E-state index >= 15 is 0 Å². The lowest BCUT2D eigenvalue weighted by atomic mass is 10.1. The molecule has 0 aliphatic carbocycles. The smallest absolute Gasteiger partial charge is 0.235 e. The second-order valence-corrected chi connectivity index (χ2v) is 9.60. The summed E-state index contributed by atoms with van der Waals surface area (Å²) in [7, 11) is -5.46. The number of fused-ring (bicyclic) bond motifs is 1. The molecule has 136 valence electrons. The van der Waals surface area contributed by atoms with E-state index in [2.05, 4.69) is 4.72 Å². The normalized spacial score (nSPS) is 14.7. The Labute approximate surface area is 144 Å². The topological polar surface area (TPSA) is 92.8 Å². The summed E-state index contributed by atoms with van der Waals surface area (Å²) in [6, 6.07) is 5.03. The summed E-state index contributed by atoms with van der Waals surface area (Å²) in [5, 5.41) is 0. The van der Waals surface area contributed by atoms with Crippen LogP contribution in [0.1, 0.15) is 25.3 Å². The van der Waals surface area contributed by atoms with Crippen LogP contribution in [0.3, 0.4) is 0 Å². The van der Waals surface area contributed by atoms with Crippen LogP contribution >= 0.6 is 0 Å². The largest absolute Gasteiger partial charge is 0.384 e. The molecule has 2 rings (SSSR count). The number of hydrogen-bond donors (Lipinski definition) is 1. The third kappa shape index (κ3) is 4.61. The first-order valence-electron chi connectivity index (χ1n) is 7.92. The van der Waals surface area contributed by atoms with Gasteiger partial charge in [0.1, 0.15) is 0 Å². The van der Waals surface area contributed by atoms with Crippen molar-refractivity contribution in [3.63, 3.8) is 0 Å². The number of hydrogen-bond acceptors (Lipinski definition) is 5. The number of ether oxygens (including phenoxy) is 1. The summed E-state index contributed by atoms with van der Waals surface area (Å²) in [5.41, 5.74) is 1.84. The first-order chi connectivity index (χ1) is 11.3. The molecule has 7 nitrogen and oxygen atoms in total. The van der Waals surface area contributed by atoms with Crippen LogP contribution in [-0.4, -0.2) is 48.6 Å². The second kappa shape index (κ2) is 7.71. The molecule has 24 heavy (non-hydrogen) atoms. The molecule has 0 saturated heterocycles. The van der Waals surface area contributed by atoms with Crippen LogP contribution in [0.15, 0.2) is 18.2 Å². The van der Waals surface area contributed by atoms with E-state index in [1.807, 2.05) is 6.92 Å². The Morgan fingerprint density at radius 2 is 1.96 bits per heavy atom. The molecule has 1 aliphatic heterocycles. The van der Waals surface area contributed by atoms with Crippen molar-refractivity contribution in [1.29, 1.82) is 0 Å². The summed E-state index contributed by atoms with van der Waals surface area (Å²) in [6.07, 6.45) is 2.05. The van der Waals surface area contributed by atoms with Crippen molar-refractivity contribution < 1.29 is 21.6 Å². The molecule has 0 aromatic heterocycles. The number of methoxy groups -OCH3 is 1. The predicted octanol–water partition coefficient (Wildman–Crippen LogP) is 1.57. The van der Waals surface area contributed by atoms with E-state index in [1.54, 1.807) is 18.2 Å². The van der Waals surface area contributed by atoms with Crippen LogP contribution in [0, 0.1) is 0 Å². The molecule has 1 aliphatic rings. The molecular formula is C15H24N2O5S2. The van der Waals surface area contributed by atoms with Crippen molar-refractivity contribution in [2.45, 2.75) is 26.2 Å². The molecule has 0 saturated carbocycles. The fraction of sp³-hybridized carbons (Fsp3) is 0.600. The number of nitrogens with one attached hydrogen (secondary N) is 1. The highest BCUT2D eigenvalue weighted by Crippen LogP contribution is 2.33. The van der Waals surface area contributed by atoms with Crippen molar-refractivity contribution in [3.8, 4) is 0 Å². The molecule has 9 heteroatoms. The van der Waals surface area contributed by atoms with Crippen molar-refractivity contribution >= 4 is 31.4 Å². The summed E-state index contributed by atoms with van der Waals surface area (Å²) >= 11 is 0. The monoisotopic (exact) mass is 376 g/mol. The lowest BCUT2D eigenvalue weighted by Crippen LogP contribution is -2.31. The first-order valence-corrected chi connectivity index (χ1v) is 11.2. The molecule has 1 aromatic carbocycles. The Kier molecular flexibility index (Phi) is 6.11. The third-order valence-electron chi connectivity index (χ3n) is 3.86. The Balaban J connectivity index is 2.22. The number of anilines is 2. The standard InChI is InChI=1S/C15H24N2O5S2/c1-3-4-10-24(20,21)17-8-7-13-5-6-14(12-15(13)17)16-23(18,19)11-9-22-2/h5-6,12,16H,3-4,7-11H2,1-2H3. The number of sulfonamides is 2. The van der Waals surface area contributed by atoms with Gasteiger partial charge < -0.3 is 4.74 Å². The van der Waals surface area contributed by atoms with Gasteiger partial charge >= 0.3 is 0 Å². The van der Waals surface area contributed by atoms with Gasteiger partial charge in [0.2, 0.25) is 20.0 Å². The van der Waals surface area contributed by atoms with Gasteiger partial charge in [-0.3, -0.25) is 9.03 Å². The minimum atomic E-state index is -3.52. The zero-order valence-electron chi connectivity index (χ0n) is 14.0. The number of rotatable bonds is 9. The zero-order chi connectivity index (χ0) is 17.8. The Hall–Kier alpha value is -1.32. The van der Waals surface area contributed by atoms with Gasteiger partial charge in [0.25, 0.3) is 0 Å². The summed E-state index contributed by atoms with van der Waals surface area (Å²) < 4.78 is 57.5. The number of nitrogens with zero attached hydrogens (tertiary/aromatic N) is 1. The van der Waals surface area contributed by atoms with Crippen LogP contribution in [0.25, 0.3) is 0 Å². The molecule has 0 radical (unpaired) electrons. The third-order valence-corrected chi connectivity index (χ3v) is 6.97. The van der Waals surface area contributed by atoms with Gasteiger partial charge in [0.05, 0.1) is 29.5 Å². The van der Waals surface area contributed by atoms with Crippen LogP contribution in [0.2, 0.25) is 0 Å². The van der Waals surface area contributed by atoms with Crippen LogP contribution < -0.4 is 9.03 Å². The average molecular weight is 377 g/mol. The van der Waals surface area contributed by atoms with Gasteiger partial charge in [0, 0.05) is 13.7 Å². The number of benzene rings is 1. The fourth-order valence-electron chi connectivity index (χ4n) is 2.56. The van der Waals surface area contributed by atoms with Gasteiger partial charge in [-0.1, -0.05) is 19.4 Å². The van der Waals surface area contributed by atoms with E-state index in [4.69, 9.17) is 4.74 Å². The van der Waals surface area contributed by atoms with Crippen molar-refractivity contribution in [3.05, 3.63) is 23.8 Å². The van der Waals surface area contributed by atoms with Crippen LogP contribution in [0.4, 0.5) is 11.4 Å². The minimum Gasteiger partial charge on any atom is -0.384 e. The maximum atomic E-state index is 12.5. The van der Waals surface area contributed by atoms with E-state index in [1.165, 1.54) is 11.4 Å². The average Bonchev–Trinajstić information content (AvgIpc) is 2.94. The summed E-state index contributed by atoms with van der Waals surface area (Å²) in [6.45, 7) is 2.44. The molecular weight excluding hydrogens is 352 g/mol. The van der Waals surface area contributed by atoms with Gasteiger partial charge in [-0.15, -0.1) is 0 Å². The Morgan fingerprint density at radius 1 is 1.21 bits per heavy atom. The molecule has 0 bridgehead atoms. The molecule has 0 unspecified atom stereocenters. The van der Waals surface area contributed by atoms with Crippen molar-refractivity contribution in [1.82, 2.24) is 0 Å². The molecule has 0 spiro atoms. The quantitative estimate of drug-likeness (QED) is 0.706. The molecule has 1 aromatic rings. The highest BCUT2D eigenvalue weighted by atomic mass is 32.2. The zero-order valence-corrected chi connectivity index (χ0v) is 15.6. The van der Waals surface area contributed by atoms with E-state index in [-0.39, 0.29) is 18.1 Å². The molecule has 1 N–H and O–H groups in total. The lowest BCUT2D eigenvalue weighted by Gasteiger charge is -2.20. The predicted molar refractivity (Wildman–Crippen MR) is 95.5 cm³/mol. The second-order valence-electron chi connectivity index (χ2n) is 5.75. The van der Waals surface area contributed by atoms with E-state index in [0.29, 0.717) is 30.8 Å². The minimum absolute atomic E-state index is 0.0950. The van der Waals surface area contributed by atoms with Crippen LogP contribution in [0.5, 0.6) is 0 Å². The first kappa shape index (κ1) is 19.0. The fourth-order valence-corrected chi connectivity index (χ4v) is 5.25.